The minimum absolute atomic E-state index is 0.270. The number of halogens is 1. The van der Waals surface area contributed by atoms with Gasteiger partial charge in [0.2, 0.25) is 4.77 Å². The summed E-state index contributed by atoms with van der Waals surface area (Å²) in [7, 11) is 1.56. The molecule has 0 bridgehead atoms. The van der Waals surface area contributed by atoms with Gasteiger partial charge in [0.05, 0.1) is 13.3 Å². The molecule has 0 spiro atoms. The van der Waals surface area contributed by atoms with Crippen LogP contribution in [-0.4, -0.2) is 28.2 Å². The molecule has 0 aliphatic rings. The summed E-state index contributed by atoms with van der Waals surface area (Å²) < 4.78 is 26.1. The highest BCUT2D eigenvalue weighted by Gasteiger charge is 2.10. The molecule has 128 valence electrons. The van der Waals surface area contributed by atoms with Crippen molar-refractivity contribution in [3.63, 3.8) is 0 Å². The van der Waals surface area contributed by atoms with E-state index >= 15 is 0 Å². The Bertz CT molecular complexity index is 934. The Morgan fingerprint density at radius 3 is 2.76 bits per heavy atom. The molecule has 3 aromatic rings. The lowest BCUT2D eigenvalue weighted by atomic mass is 10.2. The quantitative estimate of drug-likeness (QED) is 0.541. The largest absolute Gasteiger partial charge is 0.493 e. The lowest BCUT2D eigenvalue weighted by Crippen LogP contribution is -2.01. The fourth-order valence-corrected chi connectivity index (χ4v) is 2.28. The standard InChI is InChI=1S/C17H15FN4O2S/c1-23-15-4-2-3-13(9-20-22-11-19-21-17(22)25)16(15)24-10-12-5-7-14(18)8-6-12/h2-9,11H,10H2,1H3,(H,21,25)/b20-9-. The highest BCUT2D eigenvalue weighted by atomic mass is 32.1. The van der Waals surface area contributed by atoms with E-state index in [1.807, 2.05) is 12.1 Å². The van der Waals surface area contributed by atoms with Crippen LogP contribution in [-0.2, 0) is 6.61 Å². The molecule has 1 N–H and O–H groups in total. The Morgan fingerprint density at radius 2 is 2.08 bits per heavy atom. The van der Waals surface area contributed by atoms with Crippen LogP contribution in [0.1, 0.15) is 11.1 Å². The van der Waals surface area contributed by atoms with Crippen molar-refractivity contribution < 1.29 is 13.9 Å². The minimum atomic E-state index is -0.286. The molecule has 0 aliphatic carbocycles. The van der Waals surface area contributed by atoms with E-state index in [4.69, 9.17) is 21.7 Å². The number of nitrogens with one attached hydrogen (secondary N) is 1. The molecule has 6 nitrogen and oxygen atoms in total. The Balaban J connectivity index is 1.86. The molecule has 1 aromatic heterocycles. The van der Waals surface area contributed by atoms with Gasteiger partial charge in [0.25, 0.3) is 0 Å². The lowest BCUT2D eigenvalue weighted by Gasteiger charge is -2.13. The van der Waals surface area contributed by atoms with E-state index < -0.39 is 0 Å². The summed E-state index contributed by atoms with van der Waals surface area (Å²) in [4.78, 5) is 0. The summed E-state index contributed by atoms with van der Waals surface area (Å²) in [6, 6.07) is 11.6. The van der Waals surface area contributed by atoms with Crippen molar-refractivity contribution in [1.82, 2.24) is 14.9 Å². The third-order valence-corrected chi connectivity index (χ3v) is 3.66. The third-order valence-electron chi connectivity index (χ3n) is 3.38. The Kier molecular flexibility index (Phi) is 5.20. The van der Waals surface area contributed by atoms with Gasteiger partial charge in [-0.05, 0) is 42.0 Å². The van der Waals surface area contributed by atoms with E-state index in [0.717, 1.165) is 5.56 Å². The minimum Gasteiger partial charge on any atom is -0.493 e. The van der Waals surface area contributed by atoms with Crippen molar-refractivity contribution >= 4 is 18.4 Å². The third kappa shape index (κ3) is 4.10. The molecular weight excluding hydrogens is 343 g/mol. The molecule has 0 radical (unpaired) electrons. The Morgan fingerprint density at radius 1 is 1.28 bits per heavy atom. The first-order valence-corrected chi connectivity index (χ1v) is 7.79. The van der Waals surface area contributed by atoms with Crippen LogP contribution in [0.2, 0.25) is 0 Å². The number of ether oxygens (including phenoxy) is 2. The van der Waals surface area contributed by atoms with Gasteiger partial charge in [-0.2, -0.15) is 14.9 Å². The summed E-state index contributed by atoms with van der Waals surface area (Å²) >= 11 is 5.05. The predicted octanol–water partition coefficient (Wildman–Crippen LogP) is 3.55. The Hall–Kier alpha value is -3.00. The summed E-state index contributed by atoms with van der Waals surface area (Å²) in [5.74, 6) is 0.820. The van der Waals surface area contributed by atoms with Gasteiger partial charge in [-0.25, -0.2) is 4.39 Å². The first-order chi connectivity index (χ1) is 12.2. The van der Waals surface area contributed by atoms with E-state index in [2.05, 4.69) is 15.3 Å². The molecule has 0 atom stereocenters. The van der Waals surface area contributed by atoms with Gasteiger partial charge in [0.15, 0.2) is 11.5 Å². The lowest BCUT2D eigenvalue weighted by molar-refractivity contribution is 0.284. The number of aromatic nitrogens is 3. The molecular formula is C17H15FN4O2S. The summed E-state index contributed by atoms with van der Waals surface area (Å²) in [6.07, 6.45) is 3.08. The molecule has 0 saturated carbocycles. The summed E-state index contributed by atoms with van der Waals surface area (Å²) in [5, 5.41) is 10.7. The van der Waals surface area contributed by atoms with E-state index in [0.29, 0.717) is 21.8 Å². The number of H-pyrrole nitrogens is 1. The number of rotatable bonds is 6. The normalized spacial score (nSPS) is 11.0. The fourth-order valence-electron chi connectivity index (χ4n) is 2.13. The number of hydrogen-bond donors (Lipinski definition) is 1. The van der Waals surface area contributed by atoms with Crippen LogP contribution in [0.4, 0.5) is 4.39 Å². The topological polar surface area (TPSA) is 64.4 Å². The van der Waals surface area contributed by atoms with E-state index in [-0.39, 0.29) is 12.4 Å². The van der Waals surface area contributed by atoms with Crippen LogP contribution in [0, 0.1) is 10.6 Å². The molecule has 2 aromatic carbocycles. The fraction of sp³-hybridized carbons (Fsp3) is 0.118. The monoisotopic (exact) mass is 358 g/mol. The second-order valence-corrected chi connectivity index (χ2v) is 5.43. The molecule has 0 fully saturated rings. The van der Waals surface area contributed by atoms with Crippen LogP contribution < -0.4 is 9.47 Å². The maximum atomic E-state index is 13.0. The molecule has 25 heavy (non-hydrogen) atoms. The second-order valence-electron chi connectivity index (χ2n) is 5.04. The zero-order valence-corrected chi connectivity index (χ0v) is 14.2. The highest BCUT2D eigenvalue weighted by molar-refractivity contribution is 7.71. The predicted molar refractivity (Wildman–Crippen MR) is 94.1 cm³/mol. The number of para-hydroxylation sites is 1. The SMILES string of the molecule is COc1cccc(/C=N\n2cn[nH]c2=S)c1OCc1ccc(F)cc1. The van der Waals surface area contributed by atoms with Crippen LogP contribution in [0.5, 0.6) is 11.5 Å². The van der Waals surface area contributed by atoms with Gasteiger partial charge >= 0.3 is 0 Å². The first-order valence-electron chi connectivity index (χ1n) is 7.38. The van der Waals surface area contributed by atoms with Crippen molar-refractivity contribution in [2.45, 2.75) is 6.61 Å². The summed E-state index contributed by atoms with van der Waals surface area (Å²) in [6.45, 7) is 0.270. The van der Waals surface area contributed by atoms with Gasteiger partial charge in [0, 0.05) is 5.56 Å². The van der Waals surface area contributed by atoms with Gasteiger partial charge in [-0.1, -0.05) is 18.2 Å². The van der Waals surface area contributed by atoms with Crippen molar-refractivity contribution in [3.05, 3.63) is 70.5 Å². The molecule has 0 amide bonds. The van der Waals surface area contributed by atoms with E-state index in [9.17, 15) is 4.39 Å². The maximum absolute atomic E-state index is 13.0. The molecule has 3 rings (SSSR count). The van der Waals surface area contributed by atoms with Crippen LogP contribution in [0.25, 0.3) is 0 Å². The number of hydrogen-bond acceptors (Lipinski definition) is 5. The number of benzene rings is 2. The van der Waals surface area contributed by atoms with Crippen LogP contribution in [0.15, 0.2) is 53.9 Å². The average Bonchev–Trinajstić information content (AvgIpc) is 3.04. The molecule has 8 heteroatoms. The number of methoxy groups -OCH3 is 1. The van der Waals surface area contributed by atoms with E-state index in [1.54, 1.807) is 31.5 Å². The van der Waals surface area contributed by atoms with Gasteiger partial charge in [-0.3, -0.25) is 5.10 Å². The average molecular weight is 358 g/mol. The van der Waals surface area contributed by atoms with Gasteiger partial charge < -0.3 is 9.47 Å². The first kappa shape index (κ1) is 16.8. The van der Waals surface area contributed by atoms with Crippen molar-refractivity contribution in [2.24, 2.45) is 5.10 Å². The van der Waals surface area contributed by atoms with Crippen LogP contribution >= 0.6 is 12.2 Å². The van der Waals surface area contributed by atoms with Crippen LogP contribution in [0.3, 0.4) is 0 Å². The molecule has 0 aliphatic heterocycles. The summed E-state index contributed by atoms with van der Waals surface area (Å²) in [5.41, 5.74) is 1.55. The van der Waals surface area contributed by atoms with Gasteiger partial charge in [0.1, 0.15) is 18.8 Å². The zero-order chi connectivity index (χ0) is 17.6. The molecule has 1 heterocycles. The van der Waals surface area contributed by atoms with E-state index in [1.165, 1.54) is 23.1 Å². The number of aromatic amines is 1. The van der Waals surface area contributed by atoms with Crippen molar-refractivity contribution in [3.8, 4) is 11.5 Å². The van der Waals surface area contributed by atoms with Crippen molar-refractivity contribution in [2.75, 3.05) is 7.11 Å². The number of nitrogens with zero attached hydrogens (tertiary/aromatic N) is 3. The maximum Gasteiger partial charge on any atom is 0.216 e. The highest BCUT2D eigenvalue weighted by Crippen LogP contribution is 2.30. The van der Waals surface area contributed by atoms with Crippen molar-refractivity contribution in [1.29, 1.82) is 0 Å². The molecule has 0 unspecified atom stereocenters. The van der Waals surface area contributed by atoms with Gasteiger partial charge in [-0.15, -0.1) is 0 Å². The second kappa shape index (κ2) is 7.71. The Labute approximate surface area is 148 Å². The zero-order valence-electron chi connectivity index (χ0n) is 13.3. The smallest absolute Gasteiger partial charge is 0.216 e. The molecule has 0 saturated heterocycles.